The Bertz CT molecular complexity index is 476. The smallest absolute Gasteiger partial charge is 0.246 e. The molecule has 2 fully saturated rings. The zero-order valence-corrected chi connectivity index (χ0v) is 12.9. The quantitative estimate of drug-likeness (QED) is 0.738. The molecular weight excluding hydrogens is 280 g/mol. The second-order valence-electron chi connectivity index (χ2n) is 5.99. The van der Waals surface area contributed by atoms with Crippen LogP contribution in [-0.2, 0) is 9.53 Å². The van der Waals surface area contributed by atoms with Gasteiger partial charge in [0.1, 0.15) is 19.0 Å². The van der Waals surface area contributed by atoms with Gasteiger partial charge in [0.15, 0.2) is 0 Å². The minimum atomic E-state index is -0.0256. The Morgan fingerprint density at radius 3 is 2.77 bits per heavy atom. The molecule has 3 rings (SSSR count). The molecule has 0 bridgehead atoms. The molecule has 0 aromatic heterocycles. The van der Waals surface area contributed by atoms with Crippen molar-refractivity contribution in [1.29, 1.82) is 0 Å². The van der Waals surface area contributed by atoms with Gasteiger partial charge in [-0.3, -0.25) is 9.69 Å². The zero-order valence-electron chi connectivity index (χ0n) is 12.9. The normalized spacial score (nSPS) is 21.7. The van der Waals surface area contributed by atoms with E-state index in [9.17, 15) is 4.79 Å². The van der Waals surface area contributed by atoms with Crippen molar-refractivity contribution in [3.8, 4) is 5.75 Å². The maximum absolute atomic E-state index is 11.8. The van der Waals surface area contributed by atoms with Crippen molar-refractivity contribution in [2.24, 2.45) is 0 Å². The average molecular weight is 304 g/mol. The third kappa shape index (κ3) is 4.71. The summed E-state index contributed by atoms with van der Waals surface area (Å²) in [5.41, 5.74) is 0. The van der Waals surface area contributed by atoms with Gasteiger partial charge in [0.2, 0.25) is 5.91 Å². The highest BCUT2D eigenvalue weighted by molar-refractivity contribution is 5.77. The summed E-state index contributed by atoms with van der Waals surface area (Å²) >= 11 is 0. The van der Waals surface area contributed by atoms with E-state index in [4.69, 9.17) is 9.47 Å². The van der Waals surface area contributed by atoms with E-state index in [1.165, 1.54) is 12.8 Å². The first-order valence-electron chi connectivity index (χ1n) is 8.10. The van der Waals surface area contributed by atoms with Gasteiger partial charge in [0, 0.05) is 25.2 Å². The van der Waals surface area contributed by atoms with E-state index >= 15 is 0 Å². The Labute approximate surface area is 131 Å². The molecule has 1 saturated heterocycles. The second kappa shape index (κ2) is 7.61. The second-order valence-corrected chi connectivity index (χ2v) is 5.99. The van der Waals surface area contributed by atoms with Crippen LogP contribution in [0.3, 0.4) is 0 Å². The van der Waals surface area contributed by atoms with Crippen LogP contribution in [0.5, 0.6) is 5.75 Å². The number of amides is 1. The molecule has 0 radical (unpaired) electrons. The maximum Gasteiger partial charge on any atom is 0.246 e. The molecule has 1 aromatic carbocycles. The summed E-state index contributed by atoms with van der Waals surface area (Å²) in [5, 5.41) is 3.05. The van der Waals surface area contributed by atoms with Crippen LogP contribution in [0.15, 0.2) is 30.3 Å². The fraction of sp³-hybridized carbons (Fsp3) is 0.588. The monoisotopic (exact) mass is 304 g/mol. The zero-order chi connectivity index (χ0) is 15.2. The van der Waals surface area contributed by atoms with E-state index in [0.29, 0.717) is 13.2 Å². The van der Waals surface area contributed by atoms with Gasteiger partial charge in [0.25, 0.3) is 0 Å². The molecular formula is C17H24N2O3. The van der Waals surface area contributed by atoms with E-state index in [-0.39, 0.29) is 18.6 Å². The first kappa shape index (κ1) is 15.3. The number of ether oxygens (including phenoxy) is 2. The molecule has 5 heteroatoms. The van der Waals surface area contributed by atoms with Gasteiger partial charge >= 0.3 is 0 Å². The van der Waals surface area contributed by atoms with Gasteiger partial charge in [-0.15, -0.1) is 0 Å². The number of carbonyl (C=O) groups is 1. The van der Waals surface area contributed by atoms with Gasteiger partial charge in [0.05, 0.1) is 6.61 Å². The summed E-state index contributed by atoms with van der Waals surface area (Å²) in [5.74, 6) is 0.795. The predicted molar refractivity (Wildman–Crippen MR) is 83.9 cm³/mol. The molecule has 1 saturated carbocycles. The molecule has 0 spiro atoms. The number of nitrogens with zero attached hydrogens (tertiary/aromatic N) is 1. The van der Waals surface area contributed by atoms with Gasteiger partial charge in [-0.2, -0.15) is 0 Å². The number of rotatable bonds is 8. The topological polar surface area (TPSA) is 50.8 Å². The lowest BCUT2D eigenvalue weighted by Gasteiger charge is -2.15. The Balaban J connectivity index is 1.24. The van der Waals surface area contributed by atoms with Crippen molar-refractivity contribution in [3.63, 3.8) is 0 Å². The maximum atomic E-state index is 11.8. The predicted octanol–water partition coefficient (Wildman–Crippen LogP) is 1.43. The van der Waals surface area contributed by atoms with Crippen LogP contribution in [0.4, 0.5) is 0 Å². The van der Waals surface area contributed by atoms with Crippen LogP contribution < -0.4 is 10.1 Å². The largest absolute Gasteiger partial charge is 0.491 e. The van der Waals surface area contributed by atoms with E-state index < -0.39 is 0 Å². The Hall–Kier alpha value is -1.59. The molecule has 2 aliphatic rings. The first-order chi connectivity index (χ1) is 10.8. The molecule has 1 aliphatic carbocycles. The standard InChI is InChI=1S/C17H24N2O3/c20-17(18-14-8-9-19(12-14)15-6-7-15)13-21-10-11-22-16-4-2-1-3-5-16/h1-5,14-15H,6-13H2,(H,18,20)/t14-/m1/s1. The molecule has 120 valence electrons. The van der Waals surface area contributed by atoms with Crippen LogP contribution >= 0.6 is 0 Å². The minimum absolute atomic E-state index is 0.0256. The molecule has 1 amide bonds. The fourth-order valence-corrected chi connectivity index (χ4v) is 2.85. The van der Waals surface area contributed by atoms with E-state index in [1.807, 2.05) is 30.3 Å². The summed E-state index contributed by atoms with van der Waals surface area (Å²) in [6, 6.07) is 10.7. The number of hydrogen-bond donors (Lipinski definition) is 1. The van der Waals surface area contributed by atoms with Gasteiger partial charge in [-0.25, -0.2) is 0 Å². The Kier molecular flexibility index (Phi) is 5.29. The van der Waals surface area contributed by atoms with Gasteiger partial charge < -0.3 is 14.8 Å². The van der Waals surface area contributed by atoms with Crippen molar-refractivity contribution >= 4 is 5.91 Å². The van der Waals surface area contributed by atoms with Crippen LogP contribution in [0.1, 0.15) is 19.3 Å². The lowest BCUT2D eigenvalue weighted by atomic mass is 10.2. The molecule has 1 atom stereocenters. The first-order valence-corrected chi connectivity index (χ1v) is 8.10. The van der Waals surface area contributed by atoms with Crippen LogP contribution in [0.25, 0.3) is 0 Å². The third-order valence-corrected chi connectivity index (χ3v) is 4.12. The molecule has 0 unspecified atom stereocenters. The van der Waals surface area contributed by atoms with Crippen molar-refractivity contribution in [2.45, 2.75) is 31.3 Å². The highest BCUT2D eigenvalue weighted by atomic mass is 16.5. The number of likely N-dealkylation sites (tertiary alicyclic amines) is 1. The molecule has 1 aromatic rings. The highest BCUT2D eigenvalue weighted by Gasteiger charge is 2.34. The van der Waals surface area contributed by atoms with E-state index in [1.54, 1.807) is 0 Å². The van der Waals surface area contributed by atoms with Gasteiger partial charge in [-0.05, 0) is 31.4 Å². The molecule has 1 N–H and O–H groups in total. The Morgan fingerprint density at radius 1 is 1.18 bits per heavy atom. The molecule has 1 heterocycles. The lowest BCUT2D eigenvalue weighted by Crippen LogP contribution is -2.39. The third-order valence-electron chi connectivity index (χ3n) is 4.12. The number of carbonyl (C=O) groups excluding carboxylic acids is 1. The van der Waals surface area contributed by atoms with E-state index in [0.717, 1.165) is 31.3 Å². The number of para-hydroxylation sites is 1. The summed E-state index contributed by atoms with van der Waals surface area (Å²) in [4.78, 5) is 14.3. The van der Waals surface area contributed by atoms with Crippen LogP contribution in [0, 0.1) is 0 Å². The van der Waals surface area contributed by atoms with Crippen molar-refractivity contribution in [2.75, 3.05) is 32.9 Å². The number of benzene rings is 1. The number of nitrogens with one attached hydrogen (secondary N) is 1. The SMILES string of the molecule is O=C(COCCOc1ccccc1)N[C@@H]1CCN(C2CC2)C1. The van der Waals surface area contributed by atoms with Crippen molar-refractivity contribution in [1.82, 2.24) is 10.2 Å². The molecule has 1 aliphatic heterocycles. The van der Waals surface area contributed by atoms with Crippen LogP contribution in [-0.4, -0.2) is 55.8 Å². The summed E-state index contributed by atoms with van der Waals surface area (Å²) in [6.45, 7) is 3.09. The lowest BCUT2D eigenvalue weighted by molar-refractivity contribution is -0.126. The fourth-order valence-electron chi connectivity index (χ4n) is 2.85. The van der Waals surface area contributed by atoms with Crippen molar-refractivity contribution < 1.29 is 14.3 Å². The summed E-state index contributed by atoms with van der Waals surface area (Å²) in [6.07, 6.45) is 3.70. The highest BCUT2D eigenvalue weighted by Crippen LogP contribution is 2.29. The minimum Gasteiger partial charge on any atom is -0.491 e. The van der Waals surface area contributed by atoms with Crippen LogP contribution in [0.2, 0.25) is 0 Å². The molecule has 22 heavy (non-hydrogen) atoms. The summed E-state index contributed by atoms with van der Waals surface area (Å²) in [7, 11) is 0. The average Bonchev–Trinajstić information content (AvgIpc) is 3.28. The number of hydrogen-bond acceptors (Lipinski definition) is 4. The summed E-state index contributed by atoms with van der Waals surface area (Å²) < 4.78 is 10.9. The molecule has 5 nitrogen and oxygen atoms in total. The Morgan fingerprint density at radius 2 is 2.00 bits per heavy atom. The van der Waals surface area contributed by atoms with Gasteiger partial charge in [-0.1, -0.05) is 18.2 Å². The van der Waals surface area contributed by atoms with E-state index in [2.05, 4.69) is 10.2 Å². The van der Waals surface area contributed by atoms with Crippen molar-refractivity contribution in [3.05, 3.63) is 30.3 Å².